The summed E-state index contributed by atoms with van der Waals surface area (Å²) in [7, 11) is 0. The summed E-state index contributed by atoms with van der Waals surface area (Å²) in [5.41, 5.74) is 3.97. The topological polar surface area (TPSA) is 80.7 Å². The van der Waals surface area contributed by atoms with Crippen LogP contribution < -0.4 is 10.0 Å². The first-order valence-electron chi connectivity index (χ1n) is 8.10. The van der Waals surface area contributed by atoms with Gasteiger partial charge in [0.15, 0.2) is 4.32 Å². The fraction of sp³-hybridized carbons (Fsp3) is 0.150. The van der Waals surface area contributed by atoms with Crippen LogP contribution in [0.2, 0.25) is 0 Å². The van der Waals surface area contributed by atoms with Crippen molar-refractivity contribution in [2.75, 3.05) is 4.90 Å². The molecule has 7 heteroatoms. The zero-order chi connectivity index (χ0) is 19.9. The first kappa shape index (κ1) is 19.1. The van der Waals surface area contributed by atoms with Crippen molar-refractivity contribution in [3.05, 3.63) is 63.6 Å². The van der Waals surface area contributed by atoms with Crippen molar-refractivity contribution in [2.24, 2.45) is 0 Å². The van der Waals surface area contributed by atoms with E-state index in [0.29, 0.717) is 9.23 Å². The van der Waals surface area contributed by atoms with Crippen LogP contribution in [0, 0.1) is 13.8 Å². The van der Waals surface area contributed by atoms with Gasteiger partial charge in [0, 0.05) is 0 Å². The Kier molecular flexibility index (Phi) is 5.08. The van der Waals surface area contributed by atoms with E-state index in [1.165, 1.54) is 34.4 Å². The van der Waals surface area contributed by atoms with E-state index in [2.05, 4.69) is 0 Å². The number of rotatable bonds is 3. The molecule has 138 valence electrons. The van der Waals surface area contributed by atoms with Crippen LogP contribution >= 0.6 is 24.0 Å². The number of carboxylic acid groups (broad SMARTS) is 1. The molecule has 1 N–H and O–H groups in total. The number of hydrogen-bond donors (Lipinski definition) is 1. The van der Waals surface area contributed by atoms with Gasteiger partial charge in [-0.3, -0.25) is 9.69 Å². The van der Waals surface area contributed by atoms with E-state index in [1.54, 1.807) is 0 Å². The zero-order valence-electron chi connectivity index (χ0n) is 14.9. The minimum absolute atomic E-state index is 0.274. The molecule has 27 heavy (non-hydrogen) atoms. The van der Waals surface area contributed by atoms with Crippen molar-refractivity contribution in [3.8, 4) is 5.75 Å². The maximum absolute atomic E-state index is 13.0. The normalized spacial score (nSPS) is 16.0. The van der Waals surface area contributed by atoms with Gasteiger partial charge in [0.2, 0.25) is 0 Å². The van der Waals surface area contributed by atoms with Crippen LogP contribution in [0.1, 0.15) is 34.0 Å². The average Bonchev–Trinajstić information content (AvgIpc) is 2.90. The molecule has 0 atom stereocenters. The van der Waals surface area contributed by atoms with Gasteiger partial charge in [-0.2, -0.15) is 0 Å². The monoisotopic (exact) mass is 398 g/mol. The van der Waals surface area contributed by atoms with Crippen LogP contribution in [0.5, 0.6) is 5.75 Å². The van der Waals surface area contributed by atoms with Crippen molar-refractivity contribution in [1.82, 2.24) is 0 Å². The molecule has 0 saturated carbocycles. The van der Waals surface area contributed by atoms with Crippen LogP contribution in [0.3, 0.4) is 0 Å². The number of carboxylic acids is 1. The maximum atomic E-state index is 13.0. The molecule has 0 aromatic heterocycles. The summed E-state index contributed by atoms with van der Waals surface area (Å²) < 4.78 is 0.306. The fourth-order valence-electron chi connectivity index (χ4n) is 2.75. The van der Waals surface area contributed by atoms with Gasteiger partial charge in [0.1, 0.15) is 0 Å². The van der Waals surface area contributed by atoms with E-state index < -0.39 is 11.7 Å². The summed E-state index contributed by atoms with van der Waals surface area (Å²) in [6.45, 7) is 5.90. The number of aromatic carboxylic acids is 1. The van der Waals surface area contributed by atoms with Gasteiger partial charge in [0.05, 0.1) is 16.2 Å². The summed E-state index contributed by atoms with van der Waals surface area (Å²) in [5, 5.41) is 21.0. The standard InChI is InChI=1S/C20H17NO4S2/c1-10-4-5-13(8-11(10)2)12(3)17-18(23)21(20(26)27-17)14-6-7-15(19(24)25)16(22)9-14/h4-9,22H,1-3H3,(H,24,25)/p-1/b17-12-. The largest absolute Gasteiger partial charge is 0.872 e. The Balaban J connectivity index is 2.01. The van der Waals surface area contributed by atoms with Gasteiger partial charge in [0.25, 0.3) is 5.91 Å². The van der Waals surface area contributed by atoms with Gasteiger partial charge in [-0.25, -0.2) is 4.79 Å². The third kappa shape index (κ3) is 3.48. The number of carbonyl (C=O) groups excluding carboxylic acids is 1. The average molecular weight is 398 g/mol. The second kappa shape index (κ2) is 7.17. The lowest BCUT2D eigenvalue weighted by Gasteiger charge is -2.18. The number of hydrogen-bond acceptors (Lipinski definition) is 5. The number of thioether (sulfide) groups is 1. The summed E-state index contributed by atoms with van der Waals surface area (Å²) in [4.78, 5) is 25.7. The van der Waals surface area contributed by atoms with Crippen LogP contribution in [-0.4, -0.2) is 21.3 Å². The second-order valence-electron chi connectivity index (χ2n) is 6.25. The number of nitrogens with zero attached hydrogens (tertiary/aromatic N) is 1. The summed E-state index contributed by atoms with van der Waals surface area (Å²) in [6.07, 6.45) is 0. The molecule has 1 aliphatic rings. The Hall–Kier alpha value is -2.64. The maximum Gasteiger partial charge on any atom is 0.335 e. The molecule has 0 spiro atoms. The molecule has 0 radical (unpaired) electrons. The number of benzene rings is 2. The van der Waals surface area contributed by atoms with Crippen molar-refractivity contribution < 1.29 is 19.8 Å². The third-order valence-electron chi connectivity index (χ3n) is 4.50. The van der Waals surface area contributed by atoms with E-state index in [-0.39, 0.29) is 17.2 Å². The molecule has 5 nitrogen and oxygen atoms in total. The Morgan fingerprint density at radius 1 is 1.15 bits per heavy atom. The Morgan fingerprint density at radius 3 is 2.44 bits per heavy atom. The highest BCUT2D eigenvalue weighted by molar-refractivity contribution is 8.27. The van der Waals surface area contributed by atoms with E-state index in [1.807, 2.05) is 39.0 Å². The SMILES string of the molecule is C/C(=C1/SC(=S)N(c2ccc(C(=O)O)c([O-])c2)C1=O)c1ccc(C)c(C)c1. The highest BCUT2D eigenvalue weighted by atomic mass is 32.2. The summed E-state index contributed by atoms with van der Waals surface area (Å²) in [5.74, 6) is -2.28. The first-order valence-corrected chi connectivity index (χ1v) is 9.32. The fourth-order valence-corrected chi connectivity index (χ4v) is 4.10. The molecule has 1 amide bonds. The number of thiocarbonyl (C=S) groups is 1. The van der Waals surface area contributed by atoms with E-state index in [9.17, 15) is 14.7 Å². The molecule has 0 aliphatic carbocycles. The molecule has 2 aromatic carbocycles. The Morgan fingerprint density at radius 2 is 1.85 bits per heavy atom. The Bertz CT molecular complexity index is 1030. The van der Waals surface area contributed by atoms with Gasteiger partial charge in [-0.1, -0.05) is 47.9 Å². The van der Waals surface area contributed by atoms with Crippen LogP contribution in [0.15, 0.2) is 41.3 Å². The molecule has 3 rings (SSSR count). The molecule has 0 bridgehead atoms. The molecular weight excluding hydrogens is 382 g/mol. The van der Waals surface area contributed by atoms with Crippen molar-refractivity contribution >= 4 is 51.4 Å². The predicted octanol–water partition coefficient (Wildman–Crippen LogP) is 3.87. The summed E-state index contributed by atoms with van der Waals surface area (Å²) >= 11 is 6.51. The second-order valence-corrected chi connectivity index (χ2v) is 7.89. The number of carbonyl (C=O) groups is 2. The lowest BCUT2D eigenvalue weighted by molar-refractivity contribution is -0.268. The molecule has 1 saturated heterocycles. The van der Waals surface area contributed by atoms with Crippen LogP contribution in [-0.2, 0) is 4.79 Å². The quantitative estimate of drug-likeness (QED) is 0.624. The highest BCUT2D eigenvalue weighted by Gasteiger charge is 2.35. The van der Waals surface area contributed by atoms with Gasteiger partial charge in [-0.15, -0.1) is 0 Å². The van der Waals surface area contributed by atoms with E-state index in [4.69, 9.17) is 17.3 Å². The minimum atomic E-state index is -1.30. The highest BCUT2D eigenvalue weighted by Crippen LogP contribution is 2.40. The van der Waals surface area contributed by atoms with Gasteiger partial charge < -0.3 is 10.2 Å². The van der Waals surface area contributed by atoms with Crippen molar-refractivity contribution in [3.63, 3.8) is 0 Å². The number of anilines is 1. The first-order chi connectivity index (χ1) is 12.7. The molecule has 1 aliphatic heterocycles. The Labute approximate surface area is 166 Å². The third-order valence-corrected chi connectivity index (χ3v) is 5.98. The molecule has 2 aromatic rings. The van der Waals surface area contributed by atoms with E-state index in [0.717, 1.165) is 22.8 Å². The van der Waals surface area contributed by atoms with Crippen molar-refractivity contribution in [2.45, 2.75) is 20.8 Å². The molecule has 1 heterocycles. The number of amides is 1. The zero-order valence-corrected chi connectivity index (χ0v) is 16.5. The summed E-state index contributed by atoms with van der Waals surface area (Å²) in [6, 6.07) is 9.73. The van der Waals surface area contributed by atoms with Crippen LogP contribution in [0.25, 0.3) is 5.57 Å². The molecule has 0 unspecified atom stereocenters. The van der Waals surface area contributed by atoms with Gasteiger partial charge in [-0.05, 0) is 61.2 Å². The molecule has 1 fully saturated rings. The van der Waals surface area contributed by atoms with Crippen molar-refractivity contribution in [1.29, 1.82) is 0 Å². The minimum Gasteiger partial charge on any atom is -0.872 e. The van der Waals surface area contributed by atoms with Gasteiger partial charge >= 0.3 is 5.97 Å². The molecular formula is C20H16NO4S2-. The smallest absolute Gasteiger partial charge is 0.335 e. The lowest BCUT2D eigenvalue weighted by Crippen LogP contribution is -2.28. The predicted molar refractivity (Wildman–Crippen MR) is 109 cm³/mol. The van der Waals surface area contributed by atoms with Crippen LogP contribution in [0.4, 0.5) is 5.69 Å². The number of allylic oxidation sites excluding steroid dienone is 1. The number of aryl methyl sites for hydroxylation is 2. The lowest BCUT2D eigenvalue weighted by atomic mass is 10.0. The van der Waals surface area contributed by atoms with E-state index >= 15 is 0 Å².